The van der Waals surface area contributed by atoms with Gasteiger partial charge in [0.25, 0.3) is 6.43 Å². The van der Waals surface area contributed by atoms with Crippen molar-refractivity contribution in [1.29, 1.82) is 0 Å². The van der Waals surface area contributed by atoms with Crippen LogP contribution in [-0.2, 0) is 0 Å². The van der Waals surface area contributed by atoms with E-state index in [1.54, 1.807) is 0 Å². The first-order valence-electron chi connectivity index (χ1n) is 3.68. The molecule has 0 bridgehead atoms. The molecule has 1 heterocycles. The van der Waals surface area contributed by atoms with Crippen LogP contribution in [0.2, 0.25) is 0 Å². The van der Waals surface area contributed by atoms with Gasteiger partial charge in [0.15, 0.2) is 0 Å². The number of aromatic amines is 1. The van der Waals surface area contributed by atoms with Crippen LogP contribution in [-0.4, -0.2) is 16.1 Å². The molecule has 0 spiro atoms. The molecule has 0 aliphatic rings. The quantitative estimate of drug-likeness (QED) is 0.761. The van der Waals surface area contributed by atoms with Gasteiger partial charge in [-0.05, 0) is 6.92 Å². The summed E-state index contributed by atoms with van der Waals surface area (Å²) in [5.74, 6) is -1.53. The van der Waals surface area contributed by atoms with Gasteiger partial charge >= 0.3 is 5.97 Å². The Morgan fingerprint density at radius 2 is 2.14 bits per heavy atom. The molecule has 2 N–H and O–H groups in total. The molecule has 0 aromatic carbocycles. The summed E-state index contributed by atoms with van der Waals surface area (Å²) in [6.45, 7) is 1.23. The summed E-state index contributed by atoms with van der Waals surface area (Å²) in [5.41, 5.74) is -2.12. The Balaban J connectivity index is 3.52. The second kappa shape index (κ2) is 3.57. The van der Waals surface area contributed by atoms with E-state index in [0.717, 1.165) is 0 Å². The third-order valence-corrected chi connectivity index (χ3v) is 1.73. The molecule has 0 amide bonds. The number of aromatic carboxylic acids is 1. The van der Waals surface area contributed by atoms with Crippen LogP contribution in [0.25, 0.3) is 0 Å². The molecule has 76 valence electrons. The zero-order chi connectivity index (χ0) is 10.9. The highest BCUT2D eigenvalue weighted by Crippen LogP contribution is 2.23. The summed E-state index contributed by atoms with van der Waals surface area (Å²) >= 11 is 0. The Labute approximate surface area is 77.2 Å². The molecule has 1 aromatic rings. The average Bonchev–Trinajstić information content (AvgIpc) is 2.01. The number of H-pyrrole nitrogens is 1. The molecule has 0 aliphatic heterocycles. The predicted molar refractivity (Wildman–Crippen MR) is 43.7 cm³/mol. The Morgan fingerprint density at radius 1 is 1.57 bits per heavy atom. The van der Waals surface area contributed by atoms with Gasteiger partial charge in [0.2, 0.25) is 5.56 Å². The number of carboxylic acid groups (broad SMARTS) is 1. The highest BCUT2D eigenvalue weighted by Gasteiger charge is 2.21. The molecule has 4 nitrogen and oxygen atoms in total. The van der Waals surface area contributed by atoms with Crippen molar-refractivity contribution in [1.82, 2.24) is 4.98 Å². The topological polar surface area (TPSA) is 70.2 Å². The summed E-state index contributed by atoms with van der Waals surface area (Å²) < 4.78 is 24.8. The first kappa shape index (κ1) is 10.4. The highest BCUT2D eigenvalue weighted by atomic mass is 19.3. The van der Waals surface area contributed by atoms with Crippen molar-refractivity contribution in [3.05, 3.63) is 33.2 Å². The van der Waals surface area contributed by atoms with Gasteiger partial charge in [-0.3, -0.25) is 4.79 Å². The molecule has 1 rings (SSSR count). The number of aromatic nitrogens is 1. The van der Waals surface area contributed by atoms with E-state index in [1.807, 2.05) is 0 Å². The van der Waals surface area contributed by atoms with E-state index in [1.165, 1.54) is 6.92 Å². The van der Waals surface area contributed by atoms with Crippen LogP contribution >= 0.6 is 0 Å². The number of hydrogen-bond donors (Lipinski definition) is 2. The lowest BCUT2D eigenvalue weighted by molar-refractivity contribution is 0.0683. The van der Waals surface area contributed by atoms with Gasteiger partial charge in [-0.15, -0.1) is 0 Å². The first-order valence-corrected chi connectivity index (χ1v) is 3.68. The standard InChI is InChI=1S/C8H7F2NO3/c1-3-6(7(9)10)4(8(13)14)2-5(12)11-3/h2,7H,1H3,(H,11,12)(H,13,14). The third-order valence-electron chi connectivity index (χ3n) is 1.73. The number of hydrogen-bond acceptors (Lipinski definition) is 2. The second-order valence-corrected chi connectivity index (χ2v) is 2.69. The maximum absolute atomic E-state index is 12.4. The molecule has 0 aliphatic carbocycles. The summed E-state index contributed by atoms with van der Waals surface area (Å²) in [7, 11) is 0. The monoisotopic (exact) mass is 203 g/mol. The van der Waals surface area contributed by atoms with Gasteiger partial charge in [0.05, 0.1) is 11.1 Å². The van der Waals surface area contributed by atoms with Crippen molar-refractivity contribution in [2.45, 2.75) is 13.3 Å². The number of alkyl halides is 2. The first-order chi connectivity index (χ1) is 6.43. The van der Waals surface area contributed by atoms with E-state index in [0.29, 0.717) is 6.07 Å². The van der Waals surface area contributed by atoms with Crippen LogP contribution in [0, 0.1) is 6.92 Å². The van der Waals surface area contributed by atoms with Crippen LogP contribution in [0.5, 0.6) is 0 Å². The van der Waals surface area contributed by atoms with Crippen LogP contribution in [0.15, 0.2) is 10.9 Å². The molecule has 0 atom stereocenters. The van der Waals surface area contributed by atoms with E-state index >= 15 is 0 Å². The molecule has 0 radical (unpaired) electrons. The van der Waals surface area contributed by atoms with E-state index in [4.69, 9.17) is 5.11 Å². The van der Waals surface area contributed by atoms with Gasteiger partial charge in [0.1, 0.15) is 0 Å². The van der Waals surface area contributed by atoms with Gasteiger partial charge in [0, 0.05) is 11.8 Å². The van der Waals surface area contributed by atoms with Crippen molar-refractivity contribution in [3.63, 3.8) is 0 Å². The van der Waals surface area contributed by atoms with Crippen molar-refractivity contribution < 1.29 is 18.7 Å². The van der Waals surface area contributed by atoms with Gasteiger partial charge in [-0.2, -0.15) is 0 Å². The van der Waals surface area contributed by atoms with E-state index in [2.05, 4.69) is 4.98 Å². The molecule has 0 fully saturated rings. The zero-order valence-corrected chi connectivity index (χ0v) is 7.17. The predicted octanol–water partition coefficient (Wildman–Crippen LogP) is 1.32. The number of halogens is 2. The Hall–Kier alpha value is -1.72. The van der Waals surface area contributed by atoms with Crippen LogP contribution in [0.4, 0.5) is 8.78 Å². The molecular weight excluding hydrogens is 196 g/mol. The van der Waals surface area contributed by atoms with Gasteiger partial charge in [-0.25, -0.2) is 13.6 Å². The maximum Gasteiger partial charge on any atom is 0.336 e. The number of nitrogens with one attached hydrogen (secondary N) is 1. The molecule has 0 unspecified atom stereocenters. The largest absolute Gasteiger partial charge is 0.478 e. The number of carboxylic acids is 1. The SMILES string of the molecule is Cc1[nH]c(=O)cc(C(=O)O)c1C(F)F. The minimum atomic E-state index is -2.92. The molecule has 6 heteroatoms. The lowest BCUT2D eigenvalue weighted by Crippen LogP contribution is -2.15. The number of rotatable bonds is 2. The third kappa shape index (κ3) is 1.78. The minimum Gasteiger partial charge on any atom is -0.478 e. The smallest absolute Gasteiger partial charge is 0.336 e. The molecule has 14 heavy (non-hydrogen) atoms. The van der Waals surface area contributed by atoms with Crippen molar-refractivity contribution in [2.24, 2.45) is 0 Å². The minimum absolute atomic E-state index is 0.120. The van der Waals surface area contributed by atoms with Gasteiger partial charge in [-0.1, -0.05) is 0 Å². The van der Waals surface area contributed by atoms with E-state index in [-0.39, 0.29) is 5.69 Å². The maximum atomic E-state index is 12.4. The Kier molecular flexibility index (Phi) is 2.64. The summed E-state index contributed by atoms with van der Waals surface area (Å²) in [6.07, 6.45) is -2.92. The normalized spacial score (nSPS) is 10.6. The van der Waals surface area contributed by atoms with Crippen LogP contribution < -0.4 is 5.56 Å². The van der Waals surface area contributed by atoms with E-state index < -0.39 is 29.1 Å². The fourth-order valence-electron chi connectivity index (χ4n) is 1.16. The second-order valence-electron chi connectivity index (χ2n) is 2.69. The fourth-order valence-corrected chi connectivity index (χ4v) is 1.16. The lowest BCUT2D eigenvalue weighted by atomic mass is 10.1. The summed E-state index contributed by atoms with van der Waals surface area (Å²) in [4.78, 5) is 23.5. The van der Waals surface area contributed by atoms with E-state index in [9.17, 15) is 18.4 Å². The summed E-state index contributed by atoms with van der Waals surface area (Å²) in [6, 6.07) is 0.650. The molecule has 0 saturated heterocycles. The fraction of sp³-hybridized carbons (Fsp3) is 0.250. The number of pyridine rings is 1. The zero-order valence-electron chi connectivity index (χ0n) is 7.17. The molecule has 0 saturated carbocycles. The summed E-state index contributed by atoms with van der Waals surface area (Å²) in [5, 5.41) is 8.58. The van der Waals surface area contributed by atoms with Crippen LogP contribution in [0.3, 0.4) is 0 Å². The van der Waals surface area contributed by atoms with Crippen LogP contribution in [0.1, 0.15) is 28.0 Å². The van der Waals surface area contributed by atoms with Gasteiger partial charge < -0.3 is 10.1 Å². The molecule has 1 aromatic heterocycles. The van der Waals surface area contributed by atoms with Crippen molar-refractivity contribution in [2.75, 3.05) is 0 Å². The van der Waals surface area contributed by atoms with Crippen molar-refractivity contribution in [3.8, 4) is 0 Å². The Bertz CT molecular complexity index is 425. The lowest BCUT2D eigenvalue weighted by Gasteiger charge is -2.07. The number of carbonyl (C=O) groups is 1. The highest BCUT2D eigenvalue weighted by molar-refractivity contribution is 5.89. The number of aryl methyl sites for hydroxylation is 1. The van der Waals surface area contributed by atoms with Crippen molar-refractivity contribution >= 4 is 5.97 Å². The molecular formula is C8H7F2NO3. The average molecular weight is 203 g/mol. The Morgan fingerprint density at radius 3 is 2.57 bits per heavy atom.